The highest BCUT2D eigenvalue weighted by Crippen LogP contribution is 2.23. The minimum atomic E-state index is 0.0464. The van der Waals surface area contributed by atoms with Gasteiger partial charge in [0.2, 0.25) is 5.91 Å². The van der Waals surface area contributed by atoms with Crippen molar-refractivity contribution in [2.45, 2.75) is 25.3 Å². The van der Waals surface area contributed by atoms with Crippen LogP contribution < -0.4 is 15.4 Å². The van der Waals surface area contributed by atoms with Crippen LogP contribution in [0.2, 0.25) is 0 Å². The van der Waals surface area contributed by atoms with E-state index < -0.39 is 0 Å². The fourth-order valence-electron chi connectivity index (χ4n) is 2.31. The molecular formula is C14H19BrN2O2. The van der Waals surface area contributed by atoms with Crippen molar-refractivity contribution < 1.29 is 9.53 Å². The Labute approximate surface area is 122 Å². The number of methoxy groups -OCH3 is 1. The largest absolute Gasteiger partial charge is 0.496 e. The summed E-state index contributed by atoms with van der Waals surface area (Å²) in [4.78, 5) is 12.1. The molecule has 19 heavy (non-hydrogen) atoms. The average molecular weight is 327 g/mol. The third-order valence-electron chi connectivity index (χ3n) is 3.26. The Morgan fingerprint density at radius 1 is 1.58 bits per heavy atom. The van der Waals surface area contributed by atoms with Gasteiger partial charge < -0.3 is 15.4 Å². The number of benzene rings is 1. The minimum Gasteiger partial charge on any atom is -0.496 e. The molecule has 1 heterocycles. The van der Waals surface area contributed by atoms with E-state index in [4.69, 9.17) is 4.74 Å². The molecule has 0 spiro atoms. The first-order valence-corrected chi connectivity index (χ1v) is 7.31. The number of carbonyl (C=O) groups excluding carboxylic acids is 1. The van der Waals surface area contributed by atoms with Gasteiger partial charge in [-0.15, -0.1) is 0 Å². The molecule has 1 amide bonds. The number of rotatable bonds is 4. The van der Waals surface area contributed by atoms with Crippen LogP contribution in [0.15, 0.2) is 22.7 Å². The van der Waals surface area contributed by atoms with Crippen molar-refractivity contribution in [3.8, 4) is 5.75 Å². The number of nitrogens with one attached hydrogen (secondary N) is 2. The number of hydrogen-bond acceptors (Lipinski definition) is 3. The van der Waals surface area contributed by atoms with Gasteiger partial charge in [-0.2, -0.15) is 0 Å². The second kappa shape index (κ2) is 6.91. The zero-order valence-corrected chi connectivity index (χ0v) is 12.6. The molecular weight excluding hydrogens is 308 g/mol. The molecule has 1 atom stereocenters. The van der Waals surface area contributed by atoms with Crippen LogP contribution in [-0.2, 0) is 11.2 Å². The quantitative estimate of drug-likeness (QED) is 0.888. The molecule has 1 saturated heterocycles. The van der Waals surface area contributed by atoms with E-state index in [0.717, 1.165) is 41.7 Å². The highest BCUT2D eigenvalue weighted by Gasteiger charge is 2.16. The van der Waals surface area contributed by atoms with Crippen molar-refractivity contribution >= 4 is 21.8 Å². The lowest BCUT2D eigenvalue weighted by Crippen LogP contribution is -2.46. The monoisotopic (exact) mass is 326 g/mol. The molecule has 4 nitrogen and oxygen atoms in total. The van der Waals surface area contributed by atoms with Gasteiger partial charge in [0, 0.05) is 22.6 Å². The number of hydrogen-bond donors (Lipinski definition) is 2. The molecule has 2 rings (SSSR count). The number of amides is 1. The van der Waals surface area contributed by atoms with Crippen LogP contribution in [0.3, 0.4) is 0 Å². The smallest absolute Gasteiger partial charge is 0.224 e. The molecule has 0 unspecified atom stereocenters. The summed E-state index contributed by atoms with van der Waals surface area (Å²) in [7, 11) is 1.62. The Kier molecular flexibility index (Phi) is 5.22. The average Bonchev–Trinajstić information content (AvgIpc) is 2.40. The van der Waals surface area contributed by atoms with Crippen molar-refractivity contribution in [3.05, 3.63) is 28.2 Å². The third kappa shape index (κ3) is 4.21. The number of halogens is 1. The van der Waals surface area contributed by atoms with Gasteiger partial charge in [-0.25, -0.2) is 0 Å². The van der Waals surface area contributed by atoms with Gasteiger partial charge in [-0.3, -0.25) is 4.79 Å². The summed E-state index contributed by atoms with van der Waals surface area (Å²) in [5, 5.41) is 6.35. The maximum Gasteiger partial charge on any atom is 0.224 e. The first-order valence-electron chi connectivity index (χ1n) is 6.51. The first-order chi connectivity index (χ1) is 9.19. The molecule has 0 saturated carbocycles. The zero-order valence-electron chi connectivity index (χ0n) is 11.0. The number of piperidine rings is 1. The summed E-state index contributed by atoms with van der Waals surface area (Å²) in [6.07, 6.45) is 2.51. The van der Waals surface area contributed by atoms with Gasteiger partial charge in [0.25, 0.3) is 0 Å². The molecule has 0 aromatic heterocycles. The Hall–Kier alpha value is -1.07. The lowest BCUT2D eigenvalue weighted by Gasteiger charge is -2.24. The van der Waals surface area contributed by atoms with Crippen molar-refractivity contribution in [2.75, 3.05) is 20.2 Å². The van der Waals surface area contributed by atoms with Gasteiger partial charge in [-0.05, 0) is 37.6 Å². The van der Waals surface area contributed by atoms with Gasteiger partial charge in [0.05, 0.1) is 13.5 Å². The topological polar surface area (TPSA) is 50.4 Å². The maximum absolute atomic E-state index is 12.1. The molecule has 1 aliphatic rings. The van der Waals surface area contributed by atoms with E-state index >= 15 is 0 Å². The van der Waals surface area contributed by atoms with E-state index in [2.05, 4.69) is 26.6 Å². The molecule has 1 aromatic carbocycles. The molecule has 2 N–H and O–H groups in total. The summed E-state index contributed by atoms with van der Waals surface area (Å²) >= 11 is 3.42. The van der Waals surface area contributed by atoms with Crippen molar-refractivity contribution in [1.29, 1.82) is 0 Å². The van der Waals surface area contributed by atoms with E-state index in [0.29, 0.717) is 6.42 Å². The molecule has 0 radical (unpaired) electrons. The van der Waals surface area contributed by atoms with Crippen LogP contribution in [-0.4, -0.2) is 32.1 Å². The molecule has 1 aliphatic heterocycles. The summed E-state index contributed by atoms with van der Waals surface area (Å²) in [6, 6.07) is 5.96. The Morgan fingerprint density at radius 3 is 3.11 bits per heavy atom. The van der Waals surface area contributed by atoms with Crippen LogP contribution in [0.5, 0.6) is 5.75 Å². The second-order valence-electron chi connectivity index (χ2n) is 4.74. The van der Waals surface area contributed by atoms with Crippen LogP contribution in [0.4, 0.5) is 0 Å². The van der Waals surface area contributed by atoms with Crippen molar-refractivity contribution in [2.24, 2.45) is 0 Å². The lowest BCUT2D eigenvalue weighted by molar-refractivity contribution is -0.121. The normalized spacial score (nSPS) is 18.9. The van der Waals surface area contributed by atoms with Gasteiger partial charge >= 0.3 is 0 Å². The number of carbonyl (C=O) groups is 1. The van der Waals surface area contributed by atoms with Crippen molar-refractivity contribution in [1.82, 2.24) is 10.6 Å². The number of ether oxygens (including phenoxy) is 1. The van der Waals surface area contributed by atoms with E-state index in [-0.39, 0.29) is 11.9 Å². The van der Waals surface area contributed by atoms with Crippen LogP contribution in [0, 0.1) is 0 Å². The molecule has 1 fully saturated rings. The fraction of sp³-hybridized carbons (Fsp3) is 0.500. The Bertz CT molecular complexity index is 445. The van der Waals surface area contributed by atoms with Crippen LogP contribution in [0.1, 0.15) is 18.4 Å². The van der Waals surface area contributed by atoms with Crippen LogP contribution >= 0.6 is 15.9 Å². The van der Waals surface area contributed by atoms with Gasteiger partial charge in [-0.1, -0.05) is 15.9 Å². The summed E-state index contributed by atoms with van der Waals surface area (Å²) in [6.45, 7) is 1.91. The summed E-state index contributed by atoms with van der Waals surface area (Å²) < 4.78 is 6.23. The Morgan fingerprint density at radius 2 is 2.42 bits per heavy atom. The predicted molar refractivity (Wildman–Crippen MR) is 78.4 cm³/mol. The summed E-state index contributed by atoms with van der Waals surface area (Å²) in [5.74, 6) is 0.796. The molecule has 5 heteroatoms. The lowest BCUT2D eigenvalue weighted by atomic mass is 10.1. The second-order valence-corrected chi connectivity index (χ2v) is 5.66. The van der Waals surface area contributed by atoms with Crippen LogP contribution in [0.25, 0.3) is 0 Å². The minimum absolute atomic E-state index is 0.0464. The van der Waals surface area contributed by atoms with E-state index in [1.165, 1.54) is 0 Å². The van der Waals surface area contributed by atoms with Crippen molar-refractivity contribution in [3.63, 3.8) is 0 Å². The van der Waals surface area contributed by atoms with E-state index in [1.54, 1.807) is 7.11 Å². The van der Waals surface area contributed by atoms with E-state index in [1.807, 2.05) is 18.2 Å². The van der Waals surface area contributed by atoms with Gasteiger partial charge in [0.15, 0.2) is 0 Å². The zero-order chi connectivity index (χ0) is 13.7. The maximum atomic E-state index is 12.1. The Balaban J connectivity index is 1.95. The highest BCUT2D eigenvalue weighted by molar-refractivity contribution is 9.10. The molecule has 104 valence electrons. The molecule has 1 aromatic rings. The highest BCUT2D eigenvalue weighted by atomic mass is 79.9. The first kappa shape index (κ1) is 14.3. The molecule has 0 aliphatic carbocycles. The van der Waals surface area contributed by atoms with Gasteiger partial charge in [0.1, 0.15) is 5.75 Å². The standard InChI is InChI=1S/C14H19BrN2O2/c1-19-13-5-4-11(15)7-10(13)8-14(18)17-12-3-2-6-16-9-12/h4-5,7,12,16H,2-3,6,8-9H2,1H3,(H,17,18)/t12-/m0/s1. The molecule has 0 bridgehead atoms. The van der Waals surface area contributed by atoms with E-state index in [9.17, 15) is 4.79 Å². The third-order valence-corrected chi connectivity index (χ3v) is 3.75. The predicted octanol–water partition coefficient (Wildman–Crippen LogP) is 1.87. The SMILES string of the molecule is COc1ccc(Br)cc1CC(=O)N[C@H]1CCCNC1. The summed E-state index contributed by atoms with van der Waals surface area (Å²) in [5.41, 5.74) is 0.901. The fourth-order valence-corrected chi connectivity index (χ4v) is 2.72.